The van der Waals surface area contributed by atoms with Crippen LogP contribution in [0, 0.1) is 5.92 Å². The van der Waals surface area contributed by atoms with E-state index >= 15 is 0 Å². The normalized spacial score (nSPS) is 13.3. The summed E-state index contributed by atoms with van der Waals surface area (Å²) in [7, 11) is 0. The highest BCUT2D eigenvalue weighted by Gasteiger charge is 1.96. The summed E-state index contributed by atoms with van der Waals surface area (Å²) in [6.07, 6.45) is 9.02. The summed E-state index contributed by atoms with van der Waals surface area (Å²) in [5.74, 6) is 0.558. The Morgan fingerprint density at radius 1 is 1.40 bits per heavy atom. The van der Waals surface area contributed by atoms with Crippen molar-refractivity contribution in [1.82, 2.24) is 14.8 Å². The first kappa shape index (κ1) is 11.4. The standard InChI is InChI=1S/C12H17N3/c1-5-12(15-9-13-8-14-15)7-6-11(4)10(2)3/h5-10H,1H2,2-4H3/b11-6+,12-7+. The van der Waals surface area contributed by atoms with Gasteiger partial charge in [0.25, 0.3) is 0 Å². The van der Waals surface area contributed by atoms with Gasteiger partial charge in [0.05, 0.1) is 5.70 Å². The van der Waals surface area contributed by atoms with Gasteiger partial charge in [0.2, 0.25) is 0 Å². The average molecular weight is 203 g/mol. The first-order valence-electron chi connectivity index (χ1n) is 5.01. The molecular formula is C12H17N3. The Labute approximate surface area is 90.8 Å². The summed E-state index contributed by atoms with van der Waals surface area (Å²) in [4.78, 5) is 3.90. The van der Waals surface area contributed by atoms with Crippen LogP contribution < -0.4 is 0 Å². The highest BCUT2D eigenvalue weighted by molar-refractivity contribution is 5.57. The van der Waals surface area contributed by atoms with Gasteiger partial charge in [-0.2, -0.15) is 5.10 Å². The summed E-state index contributed by atoms with van der Waals surface area (Å²) >= 11 is 0. The molecule has 1 aromatic rings. The molecule has 1 heterocycles. The molecule has 1 rings (SSSR count). The fourth-order valence-corrected chi connectivity index (χ4v) is 0.989. The molecule has 0 unspecified atom stereocenters. The van der Waals surface area contributed by atoms with Gasteiger partial charge in [-0.3, -0.25) is 0 Å². The maximum absolute atomic E-state index is 4.05. The molecule has 1 aromatic heterocycles. The third kappa shape index (κ3) is 3.20. The van der Waals surface area contributed by atoms with E-state index < -0.39 is 0 Å². The number of nitrogens with zero attached hydrogens (tertiary/aromatic N) is 3. The van der Waals surface area contributed by atoms with E-state index in [0.717, 1.165) is 5.70 Å². The van der Waals surface area contributed by atoms with Gasteiger partial charge in [-0.1, -0.05) is 32.1 Å². The van der Waals surface area contributed by atoms with E-state index in [-0.39, 0.29) is 0 Å². The minimum absolute atomic E-state index is 0.558. The Bertz CT molecular complexity index is 370. The van der Waals surface area contributed by atoms with Crippen LogP contribution in [0.3, 0.4) is 0 Å². The number of hydrogen-bond donors (Lipinski definition) is 0. The molecule has 0 amide bonds. The Morgan fingerprint density at radius 2 is 2.13 bits per heavy atom. The molecule has 0 bridgehead atoms. The second kappa shape index (κ2) is 5.29. The van der Waals surface area contributed by atoms with E-state index in [1.165, 1.54) is 11.9 Å². The maximum Gasteiger partial charge on any atom is 0.138 e. The van der Waals surface area contributed by atoms with Crippen LogP contribution in [0.25, 0.3) is 5.70 Å². The molecule has 80 valence electrons. The lowest BCUT2D eigenvalue weighted by atomic mass is 10.1. The molecule has 0 fully saturated rings. The van der Waals surface area contributed by atoms with E-state index in [1.54, 1.807) is 17.1 Å². The summed E-state index contributed by atoms with van der Waals surface area (Å²) in [6.45, 7) is 10.2. The van der Waals surface area contributed by atoms with Crippen molar-refractivity contribution in [2.24, 2.45) is 5.92 Å². The van der Waals surface area contributed by atoms with Crippen LogP contribution in [0.4, 0.5) is 0 Å². The van der Waals surface area contributed by atoms with E-state index in [0.29, 0.717) is 5.92 Å². The fourth-order valence-electron chi connectivity index (χ4n) is 0.989. The van der Waals surface area contributed by atoms with Gasteiger partial charge in [0.1, 0.15) is 12.7 Å². The topological polar surface area (TPSA) is 30.7 Å². The first-order valence-corrected chi connectivity index (χ1v) is 5.01. The highest BCUT2D eigenvalue weighted by Crippen LogP contribution is 2.10. The molecule has 0 saturated heterocycles. The molecule has 0 saturated carbocycles. The SMILES string of the molecule is C=C/C(=C\C=C(/C)C(C)C)n1cncn1. The molecule has 0 atom stereocenters. The smallest absolute Gasteiger partial charge is 0.138 e. The van der Waals surface area contributed by atoms with Gasteiger partial charge in [0.15, 0.2) is 0 Å². The third-order valence-electron chi connectivity index (χ3n) is 2.32. The number of rotatable bonds is 4. The number of aromatic nitrogens is 3. The molecule has 0 spiro atoms. The van der Waals surface area contributed by atoms with E-state index in [2.05, 4.69) is 43.5 Å². The zero-order chi connectivity index (χ0) is 11.3. The lowest BCUT2D eigenvalue weighted by Gasteiger charge is -2.03. The molecule has 3 heteroatoms. The molecular weight excluding hydrogens is 186 g/mol. The molecule has 0 aliphatic heterocycles. The quantitative estimate of drug-likeness (QED) is 0.704. The van der Waals surface area contributed by atoms with Crippen molar-refractivity contribution in [3.05, 3.63) is 43.0 Å². The van der Waals surface area contributed by atoms with Crippen molar-refractivity contribution in [1.29, 1.82) is 0 Å². The van der Waals surface area contributed by atoms with Gasteiger partial charge >= 0.3 is 0 Å². The van der Waals surface area contributed by atoms with E-state index in [4.69, 9.17) is 0 Å². The van der Waals surface area contributed by atoms with Crippen LogP contribution in [0.2, 0.25) is 0 Å². The van der Waals surface area contributed by atoms with Gasteiger partial charge in [-0.05, 0) is 25.0 Å². The Morgan fingerprint density at radius 3 is 2.60 bits per heavy atom. The lowest BCUT2D eigenvalue weighted by molar-refractivity contribution is 0.769. The summed E-state index contributed by atoms with van der Waals surface area (Å²) in [5.41, 5.74) is 2.25. The molecule has 0 aliphatic rings. The van der Waals surface area contributed by atoms with Crippen molar-refractivity contribution in [2.45, 2.75) is 20.8 Å². The van der Waals surface area contributed by atoms with Crippen LogP contribution in [0.15, 0.2) is 43.0 Å². The van der Waals surface area contributed by atoms with Crippen LogP contribution in [-0.4, -0.2) is 14.8 Å². The van der Waals surface area contributed by atoms with Crippen LogP contribution in [-0.2, 0) is 0 Å². The minimum atomic E-state index is 0.558. The number of allylic oxidation sites excluding steroid dienone is 5. The summed E-state index contributed by atoms with van der Waals surface area (Å²) in [5, 5.41) is 4.05. The average Bonchev–Trinajstić information content (AvgIpc) is 2.71. The van der Waals surface area contributed by atoms with Crippen molar-refractivity contribution in [3.8, 4) is 0 Å². The van der Waals surface area contributed by atoms with E-state index in [1.807, 2.05) is 6.08 Å². The Kier molecular flexibility index (Phi) is 4.03. The van der Waals surface area contributed by atoms with Gasteiger partial charge < -0.3 is 0 Å². The largest absolute Gasteiger partial charge is 0.223 e. The van der Waals surface area contributed by atoms with Gasteiger partial charge in [0, 0.05) is 0 Å². The summed E-state index contributed by atoms with van der Waals surface area (Å²) < 4.78 is 1.69. The Balaban J connectivity index is 2.89. The summed E-state index contributed by atoms with van der Waals surface area (Å²) in [6, 6.07) is 0. The molecule has 15 heavy (non-hydrogen) atoms. The molecule has 0 aromatic carbocycles. The second-order valence-electron chi connectivity index (χ2n) is 3.70. The number of hydrogen-bond acceptors (Lipinski definition) is 2. The van der Waals surface area contributed by atoms with Crippen LogP contribution in [0.5, 0.6) is 0 Å². The van der Waals surface area contributed by atoms with E-state index in [9.17, 15) is 0 Å². The second-order valence-corrected chi connectivity index (χ2v) is 3.70. The maximum atomic E-state index is 4.05. The van der Waals surface area contributed by atoms with Crippen molar-refractivity contribution in [2.75, 3.05) is 0 Å². The minimum Gasteiger partial charge on any atom is -0.223 e. The van der Waals surface area contributed by atoms with Gasteiger partial charge in [-0.25, -0.2) is 9.67 Å². The predicted molar refractivity (Wildman–Crippen MR) is 63.1 cm³/mol. The molecule has 0 radical (unpaired) electrons. The van der Waals surface area contributed by atoms with Crippen LogP contribution in [0.1, 0.15) is 20.8 Å². The first-order chi connectivity index (χ1) is 7.15. The highest BCUT2D eigenvalue weighted by atomic mass is 15.3. The van der Waals surface area contributed by atoms with Crippen molar-refractivity contribution < 1.29 is 0 Å². The monoisotopic (exact) mass is 203 g/mol. The Hall–Kier alpha value is -1.64. The predicted octanol–water partition coefficient (Wildman–Crippen LogP) is 2.91. The van der Waals surface area contributed by atoms with Crippen molar-refractivity contribution in [3.63, 3.8) is 0 Å². The molecule has 3 nitrogen and oxygen atoms in total. The zero-order valence-corrected chi connectivity index (χ0v) is 9.51. The molecule has 0 aliphatic carbocycles. The third-order valence-corrected chi connectivity index (χ3v) is 2.32. The molecule has 0 N–H and O–H groups in total. The fraction of sp³-hybridized carbons (Fsp3) is 0.333. The van der Waals surface area contributed by atoms with Gasteiger partial charge in [-0.15, -0.1) is 0 Å². The zero-order valence-electron chi connectivity index (χ0n) is 9.51. The van der Waals surface area contributed by atoms with Crippen molar-refractivity contribution >= 4 is 5.70 Å². The lowest BCUT2D eigenvalue weighted by Crippen LogP contribution is -1.94. The van der Waals surface area contributed by atoms with Crippen LogP contribution >= 0.6 is 0 Å².